The van der Waals surface area contributed by atoms with Crippen molar-refractivity contribution in [2.24, 2.45) is 11.7 Å². The van der Waals surface area contributed by atoms with E-state index >= 15 is 0 Å². The van der Waals surface area contributed by atoms with Crippen LogP contribution in [0.5, 0.6) is 0 Å². The van der Waals surface area contributed by atoms with Gasteiger partial charge in [-0.1, -0.05) is 29.3 Å². The van der Waals surface area contributed by atoms with Crippen molar-refractivity contribution >= 4 is 35.1 Å². The Balaban J connectivity index is 0.000000291. The topological polar surface area (TPSA) is 141 Å². The molecule has 1 aliphatic heterocycles. The molecule has 2 aliphatic rings. The summed E-state index contributed by atoms with van der Waals surface area (Å²) in [6.45, 7) is 4.34. The molecule has 0 spiro atoms. The van der Waals surface area contributed by atoms with E-state index in [4.69, 9.17) is 49.4 Å². The maximum atomic E-state index is 9.77. The monoisotopic (exact) mass is 477 g/mol. The number of quaternary nitrogens is 1. The van der Waals surface area contributed by atoms with Gasteiger partial charge in [0.1, 0.15) is 6.54 Å². The molecule has 1 aliphatic carbocycles. The molecule has 174 valence electrons. The summed E-state index contributed by atoms with van der Waals surface area (Å²) in [7, 11) is 0. The van der Waals surface area contributed by atoms with Crippen molar-refractivity contribution in [2.45, 2.75) is 56.9 Å². The molecule has 6 N–H and O–H groups in total. The molecular formula is C21H31Cl2N2O6+. The lowest BCUT2D eigenvalue weighted by Gasteiger charge is -2.41. The molecule has 31 heavy (non-hydrogen) atoms. The predicted octanol–water partition coefficient (Wildman–Crippen LogP) is 2.11. The Kier molecular flexibility index (Phi) is 9.54. The number of nitrogens with zero attached hydrogens (tertiary/aromatic N) is 1. The number of hydrogen-bond donors (Lipinski definition) is 5. The van der Waals surface area contributed by atoms with Gasteiger partial charge in [-0.25, -0.2) is 9.59 Å². The number of nitrogens with two attached hydrogens (primary N) is 1. The molecule has 1 aromatic rings. The first-order valence-electron chi connectivity index (χ1n) is 10.4. The molecule has 4 atom stereocenters. The van der Waals surface area contributed by atoms with Crippen LogP contribution in [0.3, 0.4) is 0 Å². The van der Waals surface area contributed by atoms with Crippen LogP contribution in [0.1, 0.15) is 37.7 Å². The second kappa shape index (κ2) is 11.4. The van der Waals surface area contributed by atoms with Crippen molar-refractivity contribution < 1.29 is 34.5 Å². The first-order chi connectivity index (χ1) is 14.6. The largest absolute Gasteiger partial charge is 0.479 e. The zero-order valence-electron chi connectivity index (χ0n) is 17.3. The summed E-state index contributed by atoms with van der Waals surface area (Å²) >= 11 is 12.5. The van der Waals surface area contributed by atoms with E-state index in [0.717, 1.165) is 29.2 Å². The average molecular weight is 478 g/mol. The number of aliphatic hydroxyl groups is 2. The number of carboxylic acids is 2. The highest BCUT2D eigenvalue weighted by Crippen LogP contribution is 2.38. The summed E-state index contributed by atoms with van der Waals surface area (Å²) in [4.78, 5) is 19.5. The third-order valence-corrected chi connectivity index (χ3v) is 6.93. The molecule has 1 saturated carbocycles. The summed E-state index contributed by atoms with van der Waals surface area (Å²) in [5.41, 5.74) is 7.18. The first-order valence-corrected chi connectivity index (χ1v) is 11.2. The quantitative estimate of drug-likeness (QED) is 0.378. The second-order valence-electron chi connectivity index (χ2n) is 8.41. The number of aliphatic hydroxyl groups excluding tert-OH is 2. The molecule has 1 heterocycles. The molecule has 3 unspecified atom stereocenters. The molecule has 0 bridgehead atoms. The minimum Gasteiger partial charge on any atom is -0.479 e. The van der Waals surface area contributed by atoms with Crippen LogP contribution < -0.4 is 5.73 Å². The van der Waals surface area contributed by atoms with Crippen LogP contribution in [0.25, 0.3) is 0 Å². The smallest absolute Gasteiger partial charge is 0.335 e. The van der Waals surface area contributed by atoms with Gasteiger partial charge in [-0.15, -0.1) is 0 Å². The minimum atomic E-state index is -2.27. The van der Waals surface area contributed by atoms with E-state index < -0.39 is 24.1 Å². The summed E-state index contributed by atoms with van der Waals surface area (Å²) in [5, 5.41) is 34.1. The number of halogens is 2. The van der Waals surface area contributed by atoms with Gasteiger partial charge in [0, 0.05) is 29.5 Å². The zero-order chi connectivity index (χ0) is 23.2. The highest BCUT2D eigenvalue weighted by atomic mass is 35.5. The summed E-state index contributed by atoms with van der Waals surface area (Å²) in [6.07, 6.45) is 2.22. The van der Waals surface area contributed by atoms with Crippen LogP contribution in [0.15, 0.2) is 18.2 Å². The predicted molar refractivity (Wildman–Crippen MR) is 117 cm³/mol. The van der Waals surface area contributed by atoms with Crippen molar-refractivity contribution in [3.05, 3.63) is 33.8 Å². The van der Waals surface area contributed by atoms with E-state index in [1.807, 2.05) is 12.1 Å². The van der Waals surface area contributed by atoms with E-state index in [0.29, 0.717) is 5.92 Å². The van der Waals surface area contributed by atoms with E-state index in [9.17, 15) is 9.59 Å². The first kappa shape index (κ1) is 25.8. The van der Waals surface area contributed by atoms with Gasteiger partial charge >= 0.3 is 11.9 Å². The lowest BCUT2D eigenvalue weighted by molar-refractivity contribution is -0.953. The SMILES string of the molecule is NC[C@H]1CC[N+](Cc2ccc(Cl)cc2Cl)(C2CCCC2)C1.O=C(O)C(O)C(O)C(=O)O. The summed E-state index contributed by atoms with van der Waals surface area (Å²) in [5.74, 6) is -2.86. The molecule has 1 aromatic carbocycles. The maximum absolute atomic E-state index is 9.77. The van der Waals surface area contributed by atoms with E-state index in [-0.39, 0.29) is 0 Å². The van der Waals surface area contributed by atoms with Crippen molar-refractivity contribution in [1.29, 1.82) is 0 Å². The van der Waals surface area contributed by atoms with Crippen LogP contribution in [0.4, 0.5) is 0 Å². The average Bonchev–Trinajstić information content (AvgIpc) is 3.40. The molecule has 0 radical (unpaired) electrons. The Morgan fingerprint density at radius 2 is 1.65 bits per heavy atom. The van der Waals surface area contributed by atoms with Gasteiger partial charge in [-0.2, -0.15) is 0 Å². The van der Waals surface area contributed by atoms with Crippen LogP contribution in [0, 0.1) is 5.92 Å². The molecule has 3 rings (SSSR count). The minimum absolute atomic E-state index is 0.677. The van der Waals surface area contributed by atoms with Gasteiger partial charge in [0.2, 0.25) is 0 Å². The van der Waals surface area contributed by atoms with Crippen molar-refractivity contribution in [3.63, 3.8) is 0 Å². The molecule has 1 saturated heterocycles. The van der Waals surface area contributed by atoms with Crippen LogP contribution in [-0.2, 0) is 16.1 Å². The van der Waals surface area contributed by atoms with E-state index in [1.54, 1.807) is 0 Å². The van der Waals surface area contributed by atoms with Gasteiger partial charge in [0.05, 0.1) is 24.2 Å². The zero-order valence-corrected chi connectivity index (χ0v) is 18.8. The fraction of sp³-hybridized carbons (Fsp3) is 0.619. The van der Waals surface area contributed by atoms with Crippen molar-refractivity contribution in [3.8, 4) is 0 Å². The van der Waals surface area contributed by atoms with E-state index in [2.05, 4.69) is 6.07 Å². The second-order valence-corrected chi connectivity index (χ2v) is 9.26. The number of carbonyl (C=O) groups is 2. The number of rotatable bonds is 7. The Bertz CT molecular complexity index is 756. The Morgan fingerprint density at radius 3 is 2.10 bits per heavy atom. The third-order valence-electron chi connectivity index (χ3n) is 6.34. The maximum Gasteiger partial charge on any atom is 0.335 e. The van der Waals surface area contributed by atoms with Gasteiger partial charge in [-0.3, -0.25) is 0 Å². The van der Waals surface area contributed by atoms with Crippen molar-refractivity contribution in [1.82, 2.24) is 0 Å². The van der Waals surface area contributed by atoms with Gasteiger partial charge in [-0.05, 0) is 37.8 Å². The fourth-order valence-corrected chi connectivity index (χ4v) is 5.11. The molecule has 0 amide bonds. The highest BCUT2D eigenvalue weighted by molar-refractivity contribution is 6.35. The lowest BCUT2D eigenvalue weighted by atomic mass is 10.1. The van der Waals surface area contributed by atoms with Crippen LogP contribution in [-0.4, -0.2) is 74.7 Å². The highest BCUT2D eigenvalue weighted by Gasteiger charge is 2.44. The normalized spacial score (nSPS) is 25.5. The molecule has 10 heteroatoms. The van der Waals surface area contributed by atoms with Gasteiger partial charge < -0.3 is 30.6 Å². The number of hydrogen-bond acceptors (Lipinski definition) is 5. The van der Waals surface area contributed by atoms with E-state index in [1.165, 1.54) is 55.2 Å². The van der Waals surface area contributed by atoms with Crippen LogP contribution >= 0.6 is 23.2 Å². The molecular weight excluding hydrogens is 447 g/mol. The number of benzene rings is 1. The number of carboxylic acid groups (broad SMARTS) is 2. The van der Waals surface area contributed by atoms with Crippen LogP contribution in [0.2, 0.25) is 10.0 Å². The number of aliphatic carboxylic acids is 2. The standard InChI is InChI=1S/C17H25Cl2N2.C4H6O6/c18-15-6-5-14(17(19)9-15)12-21(16-3-1-2-4-16)8-7-13(10-20)11-21;5-1(3(7)8)2(6)4(9)10/h5-6,9,13,16H,1-4,7-8,10-12,20H2;1-2,5-6H,(H,7,8)(H,9,10)/q+1;/t13-,21?;/m1./s1. The molecule has 0 aromatic heterocycles. The third kappa shape index (κ3) is 6.78. The molecule has 2 fully saturated rings. The van der Waals surface area contributed by atoms with Gasteiger partial charge in [0.15, 0.2) is 12.2 Å². The summed E-state index contributed by atoms with van der Waals surface area (Å²) < 4.78 is 1.20. The molecule has 8 nitrogen and oxygen atoms in total. The number of likely N-dealkylation sites (tertiary alicyclic amines) is 1. The summed E-state index contributed by atoms with van der Waals surface area (Å²) in [6, 6.07) is 6.74. The lowest BCUT2D eigenvalue weighted by Crippen LogP contribution is -2.52. The fourth-order valence-electron chi connectivity index (χ4n) is 4.64. The Hall–Kier alpha value is -1.42. The van der Waals surface area contributed by atoms with Gasteiger partial charge in [0.25, 0.3) is 0 Å². The Labute approximate surface area is 191 Å². The van der Waals surface area contributed by atoms with Crippen molar-refractivity contribution in [2.75, 3.05) is 19.6 Å². The Morgan fingerprint density at radius 1 is 1.06 bits per heavy atom.